The van der Waals surface area contributed by atoms with Crippen molar-refractivity contribution in [2.45, 2.75) is 24.7 Å². The number of nitrogens with zero attached hydrogens (tertiary/aromatic N) is 3. The van der Waals surface area contributed by atoms with Crippen molar-refractivity contribution in [1.82, 2.24) is 9.97 Å². The number of sulfone groups is 1. The van der Waals surface area contributed by atoms with E-state index < -0.39 is 9.84 Å². The second-order valence-electron chi connectivity index (χ2n) is 7.96. The standard InChI is InChI=1S/C24H24N4O2S/c25-16-19-5-4-6-20(15-19)22-17-26-18-23(28-22)27-12-9-24(21-7-2-1-3-8-21)10-13-31(29,30)14-11-24/h1-8,15,17-18H,9-14H2,(H,27,28). The predicted octanol–water partition coefficient (Wildman–Crippen LogP) is 3.96. The number of rotatable bonds is 6. The lowest BCUT2D eigenvalue weighted by atomic mass is 9.73. The molecule has 6 nitrogen and oxygen atoms in total. The van der Waals surface area contributed by atoms with Gasteiger partial charge in [0.05, 0.1) is 41.2 Å². The minimum Gasteiger partial charge on any atom is -0.369 e. The minimum atomic E-state index is -2.95. The molecule has 1 aliphatic rings. The summed E-state index contributed by atoms with van der Waals surface area (Å²) in [7, 11) is -2.95. The van der Waals surface area contributed by atoms with Crippen LogP contribution in [0.15, 0.2) is 67.0 Å². The van der Waals surface area contributed by atoms with Gasteiger partial charge in [-0.05, 0) is 42.4 Å². The molecule has 0 atom stereocenters. The molecule has 4 rings (SSSR count). The van der Waals surface area contributed by atoms with Crippen LogP contribution in [0.2, 0.25) is 0 Å². The first kappa shape index (κ1) is 21.0. The maximum absolute atomic E-state index is 12.0. The maximum Gasteiger partial charge on any atom is 0.150 e. The molecule has 1 fully saturated rings. The highest BCUT2D eigenvalue weighted by Crippen LogP contribution is 2.39. The Balaban J connectivity index is 1.49. The Bertz CT molecular complexity index is 1190. The van der Waals surface area contributed by atoms with Crippen molar-refractivity contribution in [3.05, 3.63) is 78.1 Å². The molecule has 0 saturated carbocycles. The third-order valence-electron chi connectivity index (χ3n) is 6.00. The van der Waals surface area contributed by atoms with Crippen molar-refractivity contribution in [1.29, 1.82) is 5.26 Å². The Morgan fingerprint density at radius 1 is 1.03 bits per heavy atom. The van der Waals surface area contributed by atoms with E-state index in [9.17, 15) is 8.42 Å². The fraction of sp³-hybridized carbons (Fsp3) is 0.292. The molecule has 0 unspecified atom stereocenters. The lowest BCUT2D eigenvalue weighted by Crippen LogP contribution is -2.38. The molecule has 0 spiro atoms. The number of anilines is 1. The Morgan fingerprint density at radius 2 is 1.81 bits per heavy atom. The molecule has 0 aliphatic carbocycles. The van der Waals surface area contributed by atoms with Crippen molar-refractivity contribution in [3.63, 3.8) is 0 Å². The summed E-state index contributed by atoms with van der Waals surface area (Å²) in [6.07, 6.45) is 5.43. The van der Waals surface area contributed by atoms with E-state index in [1.807, 2.05) is 30.3 Å². The van der Waals surface area contributed by atoms with Crippen molar-refractivity contribution in [2.24, 2.45) is 0 Å². The van der Waals surface area contributed by atoms with Gasteiger partial charge in [0.1, 0.15) is 15.7 Å². The van der Waals surface area contributed by atoms with Crippen LogP contribution < -0.4 is 5.32 Å². The highest BCUT2D eigenvalue weighted by Gasteiger charge is 2.38. The van der Waals surface area contributed by atoms with Gasteiger partial charge in [-0.2, -0.15) is 5.26 Å². The Kier molecular flexibility index (Phi) is 6.01. The largest absolute Gasteiger partial charge is 0.369 e. The van der Waals surface area contributed by atoms with E-state index >= 15 is 0 Å². The van der Waals surface area contributed by atoms with Crippen LogP contribution in [-0.4, -0.2) is 36.4 Å². The van der Waals surface area contributed by atoms with Gasteiger partial charge in [-0.15, -0.1) is 0 Å². The molecule has 158 valence electrons. The van der Waals surface area contributed by atoms with E-state index in [0.717, 1.165) is 12.0 Å². The van der Waals surface area contributed by atoms with Gasteiger partial charge in [-0.25, -0.2) is 13.4 Å². The lowest BCUT2D eigenvalue weighted by Gasteiger charge is -2.38. The van der Waals surface area contributed by atoms with Crippen LogP contribution in [0.5, 0.6) is 0 Å². The Morgan fingerprint density at radius 3 is 2.55 bits per heavy atom. The molecule has 1 aliphatic heterocycles. The fourth-order valence-corrected chi connectivity index (χ4v) is 5.78. The first-order valence-electron chi connectivity index (χ1n) is 10.3. The summed E-state index contributed by atoms with van der Waals surface area (Å²) in [6, 6.07) is 19.6. The molecule has 1 N–H and O–H groups in total. The van der Waals surface area contributed by atoms with Gasteiger partial charge in [-0.1, -0.05) is 42.5 Å². The summed E-state index contributed by atoms with van der Waals surface area (Å²) in [5.74, 6) is 1.12. The fourth-order valence-electron chi connectivity index (χ4n) is 4.17. The SMILES string of the molecule is N#Cc1cccc(-c2cncc(NCCC3(c4ccccc4)CCS(=O)(=O)CC3)n2)c1. The van der Waals surface area contributed by atoms with Crippen LogP contribution in [0.25, 0.3) is 11.3 Å². The highest BCUT2D eigenvalue weighted by molar-refractivity contribution is 7.91. The monoisotopic (exact) mass is 432 g/mol. The average molecular weight is 433 g/mol. The maximum atomic E-state index is 12.0. The zero-order valence-electron chi connectivity index (χ0n) is 17.2. The number of hydrogen-bond donors (Lipinski definition) is 1. The first-order valence-corrected chi connectivity index (χ1v) is 12.1. The number of nitriles is 1. The summed E-state index contributed by atoms with van der Waals surface area (Å²) in [5, 5.41) is 12.5. The molecular formula is C24H24N4O2S. The second-order valence-corrected chi connectivity index (χ2v) is 10.3. The van der Waals surface area contributed by atoms with Crippen LogP contribution in [0.4, 0.5) is 5.82 Å². The van der Waals surface area contributed by atoms with Gasteiger partial charge in [0.25, 0.3) is 0 Å². The molecule has 0 amide bonds. The molecule has 2 heterocycles. The molecule has 1 aromatic heterocycles. The van der Waals surface area contributed by atoms with Crippen molar-refractivity contribution in [2.75, 3.05) is 23.4 Å². The molecule has 1 saturated heterocycles. The van der Waals surface area contributed by atoms with Gasteiger partial charge in [0.2, 0.25) is 0 Å². The van der Waals surface area contributed by atoms with Crippen molar-refractivity contribution >= 4 is 15.7 Å². The van der Waals surface area contributed by atoms with Crippen LogP contribution in [0.3, 0.4) is 0 Å². The molecule has 31 heavy (non-hydrogen) atoms. The van der Waals surface area contributed by atoms with Crippen LogP contribution >= 0.6 is 0 Å². The van der Waals surface area contributed by atoms with E-state index in [0.29, 0.717) is 36.5 Å². The zero-order chi connectivity index (χ0) is 21.7. The number of nitrogens with one attached hydrogen (secondary N) is 1. The van der Waals surface area contributed by atoms with Crippen LogP contribution in [0, 0.1) is 11.3 Å². The molecule has 0 bridgehead atoms. The van der Waals surface area contributed by atoms with E-state index in [1.165, 1.54) is 5.56 Å². The summed E-state index contributed by atoms with van der Waals surface area (Å²) in [6.45, 7) is 0.658. The number of benzene rings is 2. The normalized spacial score (nSPS) is 16.9. The third-order valence-corrected chi connectivity index (χ3v) is 7.65. The quantitative estimate of drug-likeness (QED) is 0.633. The van der Waals surface area contributed by atoms with Crippen molar-refractivity contribution < 1.29 is 8.42 Å². The first-order chi connectivity index (χ1) is 15.0. The van der Waals surface area contributed by atoms with Crippen LogP contribution in [0.1, 0.15) is 30.4 Å². The van der Waals surface area contributed by atoms with E-state index in [2.05, 4.69) is 33.5 Å². The van der Waals surface area contributed by atoms with Gasteiger partial charge >= 0.3 is 0 Å². The highest BCUT2D eigenvalue weighted by atomic mass is 32.2. The molecule has 7 heteroatoms. The molecule has 0 radical (unpaired) electrons. The van der Waals surface area contributed by atoms with E-state index in [1.54, 1.807) is 24.5 Å². The minimum absolute atomic E-state index is 0.161. The van der Waals surface area contributed by atoms with Crippen LogP contribution in [-0.2, 0) is 15.3 Å². The topological polar surface area (TPSA) is 95.7 Å². The third kappa shape index (κ3) is 4.92. The summed E-state index contributed by atoms with van der Waals surface area (Å²) >= 11 is 0. The number of aromatic nitrogens is 2. The smallest absolute Gasteiger partial charge is 0.150 e. The van der Waals surface area contributed by atoms with Gasteiger partial charge in [-0.3, -0.25) is 4.98 Å². The lowest BCUT2D eigenvalue weighted by molar-refractivity contribution is 0.362. The number of hydrogen-bond acceptors (Lipinski definition) is 6. The molecule has 2 aromatic carbocycles. The zero-order valence-corrected chi connectivity index (χ0v) is 18.0. The van der Waals surface area contributed by atoms with Gasteiger partial charge in [0.15, 0.2) is 0 Å². The van der Waals surface area contributed by atoms with Gasteiger partial charge < -0.3 is 5.32 Å². The molecule has 3 aromatic rings. The Labute approximate surface area is 182 Å². The summed E-state index contributed by atoms with van der Waals surface area (Å²) < 4.78 is 24.1. The summed E-state index contributed by atoms with van der Waals surface area (Å²) in [4.78, 5) is 8.93. The van der Waals surface area contributed by atoms with Crippen molar-refractivity contribution in [3.8, 4) is 17.3 Å². The second kappa shape index (κ2) is 8.86. The average Bonchev–Trinajstić information content (AvgIpc) is 2.81. The van der Waals surface area contributed by atoms with E-state index in [4.69, 9.17) is 5.26 Å². The Hall–Kier alpha value is -3.24. The summed E-state index contributed by atoms with van der Waals surface area (Å²) in [5.41, 5.74) is 3.15. The molecular weight excluding hydrogens is 408 g/mol. The van der Waals surface area contributed by atoms with E-state index in [-0.39, 0.29) is 16.9 Å². The predicted molar refractivity (Wildman–Crippen MR) is 121 cm³/mol. The van der Waals surface area contributed by atoms with Gasteiger partial charge in [0, 0.05) is 12.1 Å².